The number of amides is 1. The van der Waals surface area contributed by atoms with E-state index in [1.807, 2.05) is 30.3 Å². The highest BCUT2D eigenvalue weighted by molar-refractivity contribution is 5.88. The van der Waals surface area contributed by atoms with Crippen LogP contribution in [0, 0.1) is 0 Å². The van der Waals surface area contributed by atoms with Gasteiger partial charge in [-0.25, -0.2) is 9.78 Å². The zero-order valence-corrected chi connectivity index (χ0v) is 11.7. The molecule has 6 nitrogen and oxygen atoms in total. The molecule has 0 saturated heterocycles. The highest BCUT2D eigenvalue weighted by Crippen LogP contribution is 2.20. The summed E-state index contributed by atoms with van der Waals surface area (Å²) in [5.41, 5.74) is 2.57. The summed E-state index contributed by atoms with van der Waals surface area (Å²) in [5.74, 6) is 0.235. The van der Waals surface area contributed by atoms with Crippen molar-refractivity contribution in [1.82, 2.24) is 4.98 Å². The fraction of sp³-hybridized carbons (Fsp3) is 0.125. The molecule has 2 N–H and O–H groups in total. The zero-order chi connectivity index (χ0) is 15.4. The zero-order valence-electron chi connectivity index (χ0n) is 11.7. The van der Waals surface area contributed by atoms with E-state index in [1.165, 1.54) is 0 Å². The quantitative estimate of drug-likeness (QED) is 0.773. The van der Waals surface area contributed by atoms with Gasteiger partial charge in [0, 0.05) is 5.69 Å². The molecule has 3 aromatic rings. The molecule has 1 amide bonds. The lowest BCUT2D eigenvalue weighted by Crippen LogP contribution is -2.13. The second-order valence-electron chi connectivity index (χ2n) is 4.63. The van der Waals surface area contributed by atoms with Crippen molar-refractivity contribution in [1.29, 1.82) is 0 Å². The third-order valence-corrected chi connectivity index (χ3v) is 3.03. The Morgan fingerprint density at radius 2 is 2.05 bits per heavy atom. The number of anilines is 1. The molecule has 22 heavy (non-hydrogen) atoms. The Bertz CT molecular complexity index is 783. The highest BCUT2D eigenvalue weighted by Gasteiger charge is 2.08. The number of fused-ring (bicyclic) bond motifs is 1. The van der Waals surface area contributed by atoms with Gasteiger partial charge in [0.05, 0.1) is 0 Å². The summed E-state index contributed by atoms with van der Waals surface area (Å²) in [6.07, 6.45) is -0.547. The third-order valence-electron chi connectivity index (χ3n) is 3.03. The van der Waals surface area contributed by atoms with E-state index in [9.17, 15) is 4.79 Å². The number of carbonyl (C=O) groups is 1. The summed E-state index contributed by atoms with van der Waals surface area (Å²) in [4.78, 5) is 15.9. The number of aliphatic hydroxyl groups is 1. The summed E-state index contributed by atoms with van der Waals surface area (Å²) in [7, 11) is 0. The molecule has 0 bridgehead atoms. The van der Waals surface area contributed by atoms with Gasteiger partial charge in [-0.3, -0.25) is 5.32 Å². The predicted octanol–water partition coefficient (Wildman–Crippen LogP) is 3.07. The van der Waals surface area contributed by atoms with E-state index in [2.05, 4.69) is 10.3 Å². The van der Waals surface area contributed by atoms with Crippen LogP contribution in [-0.4, -0.2) is 16.2 Å². The molecular formula is C16H14N2O4. The molecule has 2 aromatic carbocycles. The molecule has 0 spiro atoms. The van der Waals surface area contributed by atoms with Gasteiger partial charge in [-0.15, -0.1) is 0 Å². The van der Waals surface area contributed by atoms with Crippen LogP contribution in [0.4, 0.5) is 10.5 Å². The maximum atomic E-state index is 11.8. The first-order chi connectivity index (χ1) is 10.7. The number of benzene rings is 2. The summed E-state index contributed by atoms with van der Waals surface area (Å²) in [6, 6.07) is 14.4. The van der Waals surface area contributed by atoms with Crippen molar-refractivity contribution in [2.45, 2.75) is 13.2 Å². The SMILES string of the molecule is O=C(Nc1ccc2oc(CO)nc2c1)OCc1ccccc1. The maximum absolute atomic E-state index is 11.8. The van der Waals surface area contributed by atoms with Gasteiger partial charge >= 0.3 is 6.09 Å². The van der Waals surface area contributed by atoms with E-state index in [0.717, 1.165) is 5.56 Å². The molecule has 1 heterocycles. The molecule has 0 saturated carbocycles. The van der Waals surface area contributed by atoms with Crippen molar-refractivity contribution in [2.24, 2.45) is 0 Å². The molecule has 0 unspecified atom stereocenters. The van der Waals surface area contributed by atoms with Crippen LogP contribution < -0.4 is 5.32 Å². The number of oxazole rings is 1. The molecule has 3 rings (SSSR count). The Kier molecular flexibility index (Phi) is 4.02. The number of nitrogens with one attached hydrogen (secondary N) is 1. The fourth-order valence-corrected chi connectivity index (χ4v) is 2.00. The summed E-state index contributed by atoms with van der Waals surface area (Å²) >= 11 is 0. The molecule has 0 radical (unpaired) electrons. The van der Waals surface area contributed by atoms with Crippen molar-refractivity contribution in [2.75, 3.05) is 5.32 Å². The van der Waals surface area contributed by atoms with Crippen LogP contribution >= 0.6 is 0 Å². The number of hydrogen-bond acceptors (Lipinski definition) is 5. The second kappa shape index (κ2) is 6.28. The molecule has 0 aliphatic rings. The number of rotatable bonds is 4. The number of hydrogen-bond donors (Lipinski definition) is 2. The first-order valence-corrected chi connectivity index (χ1v) is 6.72. The van der Waals surface area contributed by atoms with Crippen molar-refractivity contribution >= 4 is 22.9 Å². The summed E-state index contributed by atoms with van der Waals surface area (Å²) < 4.78 is 10.4. The Morgan fingerprint density at radius 3 is 2.82 bits per heavy atom. The standard InChI is InChI=1S/C16H14N2O4/c19-9-15-18-13-8-12(6-7-14(13)22-15)17-16(20)21-10-11-4-2-1-3-5-11/h1-8,19H,9-10H2,(H,17,20). The number of ether oxygens (including phenoxy) is 1. The molecule has 6 heteroatoms. The van der Waals surface area contributed by atoms with Crippen molar-refractivity contribution in [3.63, 3.8) is 0 Å². The van der Waals surface area contributed by atoms with Gasteiger partial charge in [0.25, 0.3) is 0 Å². The van der Waals surface area contributed by atoms with Crippen LogP contribution in [0.2, 0.25) is 0 Å². The Labute approximate surface area is 126 Å². The first kappa shape index (κ1) is 14.1. The number of aliphatic hydroxyl groups excluding tert-OH is 1. The Hall–Kier alpha value is -2.86. The Morgan fingerprint density at radius 1 is 1.23 bits per heavy atom. The van der Waals surface area contributed by atoms with E-state index in [-0.39, 0.29) is 19.1 Å². The molecule has 0 atom stereocenters. The van der Waals surface area contributed by atoms with Crippen molar-refractivity contribution in [3.8, 4) is 0 Å². The first-order valence-electron chi connectivity index (χ1n) is 6.72. The molecule has 0 fully saturated rings. The van der Waals surface area contributed by atoms with E-state index >= 15 is 0 Å². The van der Waals surface area contributed by atoms with Gasteiger partial charge in [0.2, 0.25) is 5.89 Å². The van der Waals surface area contributed by atoms with Gasteiger partial charge in [-0.2, -0.15) is 0 Å². The molecule has 0 aliphatic heterocycles. The van der Waals surface area contributed by atoms with Crippen LogP contribution in [0.25, 0.3) is 11.1 Å². The number of aromatic nitrogens is 1. The van der Waals surface area contributed by atoms with Crippen LogP contribution in [0.5, 0.6) is 0 Å². The summed E-state index contributed by atoms with van der Waals surface area (Å²) in [5, 5.41) is 11.6. The van der Waals surface area contributed by atoms with E-state index < -0.39 is 6.09 Å². The minimum Gasteiger partial charge on any atom is -0.444 e. The lowest BCUT2D eigenvalue weighted by Gasteiger charge is -2.06. The van der Waals surface area contributed by atoms with Gasteiger partial charge in [0.15, 0.2) is 5.58 Å². The van der Waals surface area contributed by atoms with Crippen LogP contribution in [0.1, 0.15) is 11.5 Å². The monoisotopic (exact) mass is 298 g/mol. The average Bonchev–Trinajstić information content (AvgIpc) is 2.96. The normalized spacial score (nSPS) is 10.6. The van der Waals surface area contributed by atoms with Crippen LogP contribution in [-0.2, 0) is 18.0 Å². The predicted molar refractivity (Wildman–Crippen MR) is 80.2 cm³/mol. The topological polar surface area (TPSA) is 84.6 Å². The van der Waals surface area contributed by atoms with E-state index in [4.69, 9.17) is 14.3 Å². The summed E-state index contributed by atoms with van der Waals surface area (Å²) in [6.45, 7) is -0.0654. The third kappa shape index (κ3) is 3.24. The highest BCUT2D eigenvalue weighted by atomic mass is 16.5. The number of carbonyl (C=O) groups excluding carboxylic acids is 1. The van der Waals surface area contributed by atoms with Gasteiger partial charge in [0.1, 0.15) is 18.7 Å². The van der Waals surface area contributed by atoms with Crippen LogP contribution in [0.3, 0.4) is 0 Å². The smallest absolute Gasteiger partial charge is 0.411 e. The number of nitrogens with zero attached hydrogens (tertiary/aromatic N) is 1. The lowest BCUT2D eigenvalue weighted by atomic mass is 10.2. The average molecular weight is 298 g/mol. The lowest BCUT2D eigenvalue weighted by molar-refractivity contribution is 0.155. The van der Waals surface area contributed by atoms with Crippen molar-refractivity contribution in [3.05, 3.63) is 60.0 Å². The maximum Gasteiger partial charge on any atom is 0.411 e. The second-order valence-corrected chi connectivity index (χ2v) is 4.63. The molecule has 112 valence electrons. The minimum absolute atomic E-state index is 0.202. The van der Waals surface area contributed by atoms with E-state index in [1.54, 1.807) is 18.2 Å². The van der Waals surface area contributed by atoms with Gasteiger partial charge < -0.3 is 14.3 Å². The van der Waals surface area contributed by atoms with E-state index in [0.29, 0.717) is 16.8 Å². The molecule has 0 aliphatic carbocycles. The largest absolute Gasteiger partial charge is 0.444 e. The molecular weight excluding hydrogens is 284 g/mol. The van der Waals surface area contributed by atoms with Gasteiger partial charge in [-0.05, 0) is 23.8 Å². The van der Waals surface area contributed by atoms with Gasteiger partial charge in [-0.1, -0.05) is 30.3 Å². The van der Waals surface area contributed by atoms with Crippen molar-refractivity contribution < 1.29 is 19.1 Å². The minimum atomic E-state index is -0.547. The Balaban J connectivity index is 1.63. The fourth-order valence-electron chi connectivity index (χ4n) is 2.00. The van der Waals surface area contributed by atoms with Crippen LogP contribution in [0.15, 0.2) is 52.9 Å². The molecule has 1 aromatic heterocycles.